The van der Waals surface area contributed by atoms with Gasteiger partial charge in [0.25, 0.3) is 0 Å². The minimum atomic E-state index is 0.356. The fourth-order valence-corrected chi connectivity index (χ4v) is 3.47. The quantitative estimate of drug-likeness (QED) is 0.914. The second kappa shape index (κ2) is 6.38. The number of benzene rings is 1. The second-order valence-corrected chi connectivity index (χ2v) is 6.83. The molecule has 0 amide bonds. The predicted octanol–water partition coefficient (Wildman–Crippen LogP) is 3.88. The SMILES string of the molecule is Cc1cc(C(CN)N2CCC(C)CC2C)ccc1Br. The van der Waals surface area contributed by atoms with E-state index in [0.29, 0.717) is 18.6 Å². The largest absolute Gasteiger partial charge is 0.329 e. The van der Waals surface area contributed by atoms with Gasteiger partial charge >= 0.3 is 0 Å². The lowest BCUT2D eigenvalue weighted by molar-refractivity contribution is 0.0847. The molecule has 1 aliphatic heterocycles. The second-order valence-electron chi connectivity index (χ2n) is 5.98. The summed E-state index contributed by atoms with van der Waals surface area (Å²) >= 11 is 3.57. The minimum Gasteiger partial charge on any atom is -0.329 e. The topological polar surface area (TPSA) is 29.3 Å². The van der Waals surface area contributed by atoms with Crippen LogP contribution in [0.3, 0.4) is 0 Å². The Balaban J connectivity index is 2.21. The minimum absolute atomic E-state index is 0.356. The van der Waals surface area contributed by atoms with Crippen LogP contribution in [0.15, 0.2) is 22.7 Å². The molecule has 3 atom stereocenters. The monoisotopic (exact) mass is 324 g/mol. The van der Waals surface area contributed by atoms with Crippen LogP contribution in [-0.4, -0.2) is 24.0 Å². The summed E-state index contributed by atoms with van der Waals surface area (Å²) in [5.74, 6) is 0.844. The summed E-state index contributed by atoms with van der Waals surface area (Å²) in [6.07, 6.45) is 2.57. The third-order valence-corrected chi connectivity index (χ3v) is 5.27. The van der Waals surface area contributed by atoms with E-state index in [1.165, 1.54) is 35.0 Å². The summed E-state index contributed by atoms with van der Waals surface area (Å²) in [5.41, 5.74) is 8.70. The van der Waals surface area contributed by atoms with Crippen molar-refractivity contribution in [3.05, 3.63) is 33.8 Å². The van der Waals surface area contributed by atoms with Crippen LogP contribution in [0.1, 0.15) is 43.9 Å². The molecule has 0 bridgehead atoms. The lowest BCUT2D eigenvalue weighted by Gasteiger charge is -2.41. The van der Waals surface area contributed by atoms with Crippen molar-refractivity contribution in [2.24, 2.45) is 11.7 Å². The van der Waals surface area contributed by atoms with E-state index < -0.39 is 0 Å². The molecule has 0 aromatic heterocycles. The highest BCUT2D eigenvalue weighted by Crippen LogP contribution is 2.31. The third kappa shape index (κ3) is 3.39. The normalized spacial score (nSPS) is 26.4. The first kappa shape index (κ1) is 15.0. The van der Waals surface area contributed by atoms with Gasteiger partial charge in [-0.1, -0.05) is 35.0 Å². The first-order valence-electron chi connectivity index (χ1n) is 7.24. The zero-order chi connectivity index (χ0) is 14.0. The zero-order valence-electron chi connectivity index (χ0n) is 12.2. The molecular weight excluding hydrogens is 300 g/mol. The molecular formula is C16H25BrN2. The van der Waals surface area contributed by atoms with E-state index in [-0.39, 0.29) is 0 Å². The summed E-state index contributed by atoms with van der Waals surface area (Å²) in [7, 11) is 0. The Morgan fingerprint density at radius 3 is 2.74 bits per heavy atom. The molecule has 0 saturated carbocycles. The highest BCUT2D eigenvalue weighted by atomic mass is 79.9. The maximum absolute atomic E-state index is 6.07. The van der Waals surface area contributed by atoms with Crippen molar-refractivity contribution in [1.82, 2.24) is 4.90 Å². The number of rotatable bonds is 3. The van der Waals surface area contributed by atoms with Crippen LogP contribution in [0.5, 0.6) is 0 Å². The van der Waals surface area contributed by atoms with Crippen molar-refractivity contribution in [2.75, 3.05) is 13.1 Å². The Morgan fingerprint density at radius 2 is 2.16 bits per heavy atom. The van der Waals surface area contributed by atoms with E-state index >= 15 is 0 Å². The predicted molar refractivity (Wildman–Crippen MR) is 85.2 cm³/mol. The summed E-state index contributed by atoms with van der Waals surface area (Å²) in [6.45, 7) is 8.70. The molecule has 1 heterocycles. The number of nitrogens with two attached hydrogens (primary N) is 1. The van der Waals surface area contributed by atoms with Gasteiger partial charge in [0, 0.05) is 23.1 Å². The standard InChI is InChI=1S/C16H25BrN2/c1-11-6-7-19(13(3)8-11)16(10-18)14-4-5-15(17)12(2)9-14/h4-5,9,11,13,16H,6-8,10,18H2,1-3H3. The number of hydrogen-bond acceptors (Lipinski definition) is 2. The summed E-state index contributed by atoms with van der Waals surface area (Å²) in [5, 5.41) is 0. The number of aryl methyl sites for hydroxylation is 1. The van der Waals surface area contributed by atoms with Gasteiger partial charge < -0.3 is 5.73 Å². The summed E-state index contributed by atoms with van der Waals surface area (Å²) < 4.78 is 1.17. The maximum atomic E-state index is 6.07. The number of hydrogen-bond donors (Lipinski definition) is 1. The van der Waals surface area contributed by atoms with Gasteiger partial charge in [-0.25, -0.2) is 0 Å². The van der Waals surface area contributed by atoms with Gasteiger partial charge in [-0.05, 0) is 56.3 Å². The van der Waals surface area contributed by atoms with E-state index in [2.05, 4.69) is 59.8 Å². The van der Waals surface area contributed by atoms with Gasteiger partial charge in [0.2, 0.25) is 0 Å². The van der Waals surface area contributed by atoms with E-state index in [4.69, 9.17) is 5.73 Å². The number of nitrogens with zero attached hydrogens (tertiary/aromatic N) is 1. The molecule has 1 aromatic rings. The first-order chi connectivity index (χ1) is 9.02. The molecule has 2 rings (SSSR count). The zero-order valence-corrected chi connectivity index (χ0v) is 13.8. The van der Waals surface area contributed by atoms with Crippen LogP contribution in [0.4, 0.5) is 0 Å². The molecule has 2 nitrogen and oxygen atoms in total. The molecule has 0 spiro atoms. The van der Waals surface area contributed by atoms with Gasteiger partial charge in [0.05, 0.1) is 0 Å². The number of halogens is 1. The van der Waals surface area contributed by atoms with Gasteiger partial charge in [0.15, 0.2) is 0 Å². The Hall–Kier alpha value is -0.380. The van der Waals surface area contributed by atoms with Gasteiger partial charge in [-0.3, -0.25) is 4.90 Å². The molecule has 3 heteroatoms. The molecule has 3 unspecified atom stereocenters. The van der Waals surface area contributed by atoms with Crippen molar-refractivity contribution in [3.63, 3.8) is 0 Å². The van der Waals surface area contributed by atoms with Gasteiger partial charge in [-0.15, -0.1) is 0 Å². The number of likely N-dealkylation sites (tertiary alicyclic amines) is 1. The van der Waals surface area contributed by atoms with Crippen molar-refractivity contribution >= 4 is 15.9 Å². The Bertz CT molecular complexity index is 433. The molecule has 0 aliphatic carbocycles. The van der Waals surface area contributed by atoms with Crippen molar-refractivity contribution in [1.29, 1.82) is 0 Å². The summed E-state index contributed by atoms with van der Waals surface area (Å²) in [4.78, 5) is 2.59. The Labute approximate surface area is 125 Å². The van der Waals surface area contributed by atoms with E-state index in [1.807, 2.05) is 0 Å². The highest BCUT2D eigenvalue weighted by molar-refractivity contribution is 9.10. The molecule has 106 valence electrons. The lowest BCUT2D eigenvalue weighted by atomic mass is 9.90. The van der Waals surface area contributed by atoms with Crippen LogP contribution < -0.4 is 5.73 Å². The van der Waals surface area contributed by atoms with E-state index in [1.54, 1.807) is 0 Å². The molecule has 2 N–H and O–H groups in total. The van der Waals surface area contributed by atoms with Crippen LogP contribution in [0.2, 0.25) is 0 Å². The maximum Gasteiger partial charge on any atom is 0.0473 e. The third-order valence-electron chi connectivity index (χ3n) is 4.38. The fraction of sp³-hybridized carbons (Fsp3) is 0.625. The van der Waals surface area contributed by atoms with Crippen molar-refractivity contribution in [2.45, 2.75) is 45.7 Å². The highest BCUT2D eigenvalue weighted by Gasteiger charge is 2.29. The van der Waals surface area contributed by atoms with Gasteiger partial charge in [-0.2, -0.15) is 0 Å². The first-order valence-corrected chi connectivity index (χ1v) is 8.04. The van der Waals surface area contributed by atoms with Crippen molar-refractivity contribution < 1.29 is 0 Å². The smallest absolute Gasteiger partial charge is 0.0473 e. The van der Waals surface area contributed by atoms with E-state index in [9.17, 15) is 0 Å². The van der Waals surface area contributed by atoms with Crippen LogP contribution in [0.25, 0.3) is 0 Å². The average Bonchev–Trinajstić information content (AvgIpc) is 2.37. The average molecular weight is 325 g/mol. The summed E-state index contributed by atoms with van der Waals surface area (Å²) in [6, 6.07) is 7.60. The molecule has 19 heavy (non-hydrogen) atoms. The van der Waals surface area contributed by atoms with Crippen LogP contribution >= 0.6 is 15.9 Å². The van der Waals surface area contributed by atoms with Crippen LogP contribution in [-0.2, 0) is 0 Å². The van der Waals surface area contributed by atoms with Crippen LogP contribution in [0, 0.1) is 12.8 Å². The fourth-order valence-electron chi connectivity index (χ4n) is 3.23. The lowest BCUT2D eigenvalue weighted by Crippen LogP contribution is -2.44. The van der Waals surface area contributed by atoms with E-state index in [0.717, 1.165) is 5.92 Å². The molecule has 1 aromatic carbocycles. The Kier molecular flexibility index (Phi) is 5.04. The van der Waals surface area contributed by atoms with Gasteiger partial charge in [0.1, 0.15) is 0 Å². The molecule has 0 radical (unpaired) electrons. The molecule has 1 saturated heterocycles. The number of piperidine rings is 1. The van der Waals surface area contributed by atoms with Crippen molar-refractivity contribution in [3.8, 4) is 0 Å². The molecule has 1 fully saturated rings. The molecule has 1 aliphatic rings. The Morgan fingerprint density at radius 1 is 1.42 bits per heavy atom.